The van der Waals surface area contributed by atoms with Gasteiger partial charge in [0.25, 0.3) is 0 Å². The van der Waals surface area contributed by atoms with E-state index < -0.39 is 17.8 Å². The zero-order chi connectivity index (χ0) is 17.6. The fourth-order valence-corrected chi connectivity index (χ4v) is 1.92. The van der Waals surface area contributed by atoms with E-state index in [1.807, 2.05) is 18.2 Å². The van der Waals surface area contributed by atoms with E-state index in [-0.39, 0.29) is 5.69 Å². The van der Waals surface area contributed by atoms with Crippen molar-refractivity contribution in [3.05, 3.63) is 65.9 Å². The number of hydrogen-bond donors (Lipinski definition) is 2. The predicted molar refractivity (Wildman–Crippen MR) is 85.6 cm³/mol. The second-order valence-electron chi connectivity index (χ2n) is 4.75. The topological polar surface area (TPSA) is 50.4 Å². The molecule has 0 aliphatic carbocycles. The van der Waals surface area contributed by atoms with Crippen LogP contribution in [-0.4, -0.2) is 13.1 Å². The van der Waals surface area contributed by atoms with Crippen LogP contribution in [0.15, 0.2) is 54.7 Å². The van der Waals surface area contributed by atoms with Gasteiger partial charge in [-0.3, -0.25) is 0 Å². The molecule has 0 saturated carbocycles. The number of alkyl halides is 3. The highest BCUT2D eigenvalue weighted by atomic mass is 19.4. The van der Waals surface area contributed by atoms with Gasteiger partial charge in [-0.15, -0.1) is 0 Å². The molecule has 24 heavy (non-hydrogen) atoms. The fraction of sp³-hybridized carbons (Fsp3) is 0.118. The number of urea groups is 1. The Balaban J connectivity index is 1.92. The number of amides is 2. The van der Waals surface area contributed by atoms with Gasteiger partial charge < -0.3 is 15.4 Å². The summed E-state index contributed by atoms with van der Waals surface area (Å²) in [5.74, 6) is 0.652. The Morgan fingerprint density at radius 2 is 1.75 bits per heavy atom. The largest absolute Gasteiger partial charge is 0.496 e. The Morgan fingerprint density at radius 3 is 2.38 bits per heavy atom. The summed E-state index contributed by atoms with van der Waals surface area (Å²) < 4.78 is 42.5. The molecule has 0 spiro atoms. The van der Waals surface area contributed by atoms with E-state index in [2.05, 4.69) is 10.6 Å². The summed E-state index contributed by atoms with van der Waals surface area (Å²) in [4.78, 5) is 11.7. The first-order valence-electron chi connectivity index (χ1n) is 6.94. The normalized spacial score (nSPS) is 11.3. The van der Waals surface area contributed by atoms with Gasteiger partial charge in [-0.2, -0.15) is 13.2 Å². The molecule has 4 nitrogen and oxygen atoms in total. The lowest BCUT2D eigenvalue weighted by molar-refractivity contribution is -0.137. The van der Waals surface area contributed by atoms with Gasteiger partial charge in [0.15, 0.2) is 0 Å². The molecule has 0 saturated heterocycles. The van der Waals surface area contributed by atoms with Crippen LogP contribution in [0.4, 0.5) is 23.7 Å². The summed E-state index contributed by atoms with van der Waals surface area (Å²) in [5, 5.41) is 4.90. The van der Waals surface area contributed by atoms with E-state index in [0.717, 1.165) is 17.7 Å². The minimum absolute atomic E-state index is 0.256. The van der Waals surface area contributed by atoms with Crippen LogP contribution in [0.5, 0.6) is 5.75 Å². The molecule has 2 aromatic carbocycles. The first kappa shape index (κ1) is 17.4. The first-order valence-corrected chi connectivity index (χ1v) is 6.94. The summed E-state index contributed by atoms with van der Waals surface area (Å²) in [6.07, 6.45) is -1.35. The van der Waals surface area contributed by atoms with Gasteiger partial charge >= 0.3 is 12.2 Å². The van der Waals surface area contributed by atoms with Gasteiger partial charge in [0.1, 0.15) is 5.75 Å². The van der Waals surface area contributed by atoms with Gasteiger partial charge in [0.2, 0.25) is 0 Å². The Hall–Kier alpha value is -2.96. The van der Waals surface area contributed by atoms with Crippen LogP contribution in [-0.2, 0) is 6.18 Å². The summed E-state index contributed by atoms with van der Waals surface area (Å²) in [6.45, 7) is 0. The molecule has 0 bridgehead atoms. The van der Waals surface area contributed by atoms with Crippen molar-refractivity contribution in [3.8, 4) is 5.75 Å². The molecule has 0 radical (unpaired) electrons. The quantitative estimate of drug-likeness (QED) is 0.863. The Labute approximate surface area is 136 Å². The van der Waals surface area contributed by atoms with E-state index in [0.29, 0.717) is 5.75 Å². The SMILES string of the molecule is COc1ccccc1/C=C/NC(=O)Nc1ccc(C(F)(F)F)cc1. The number of rotatable bonds is 4. The lowest BCUT2D eigenvalue weighted by atomic mass is 10.2. The molecule has 126 valence electrons. The molecule has 2 amide bonds. The third-order valence-electron chi connectivity index (χ3n) is 3.09. The number of anilines is 1. The van der Waals surface area contributed by atoms with Gasteiger partial charge in [0.05, 0.1) is 12.7 Å². The number of carbonyl (C=O) groups excluding carboxylic acids is 1. The van der Waals surface area contributed by atoms with Gasteiger partial charge in [-0.05, 0) is 36.4 Å². The Morgan fingerprint density at radius 1 is 1.08 bits per heavy atom. The van der Waals surface area contributed by atoms with Crippen LogP contribution >= 0.6 is 0 Å². The second-order valence-corrected chi connectivity index (χ2v) is 4.75. The summed E-state index contributed by atoms with van der Waals surface area (Å²) in [5.41, 5.74) is 0.255. The van der Waals surface area contributed by atoms with E-state index in [4.69, 9.17) is 4.74 Å². The van der Waals surface area contributed by atoms with Crippen LogP contribution in [0, 0.1) is 0 Å². The highest BCUT2D eigenvalue weighted by Gasteiger charge is 2.29. The molecule has 2 rings (SSSR count). The number of ether oxygens (including phenoxy) is 1. The molecule has 0 aliphatic rings. The fourth-order valence-electron chi connectivity index (χ4n) is 1.92. The molecule has 0 aliphatic heterocycles. The molecule has 0 aromatic heterocycles. The smallest absolute Gasteiger partial charge is 0.416 e. The monoisotopic (exact) mass is 336 g/mol. The molecule has 0 fully saturated rings. The van der Waals surface area contributed by atoms with Crippen molar-refractivity contribution in [1.29, 1.82) is 0 Å². The van der Waals surface area contributed by atoms with Gasteiger partial charge in [0, 0.05) is 17.5 Å². The van der Waals surface area contributed by atoms with Crippen LogP contribution in [0.2, 0.25) is 0 Å². The highest BCUT2D eigenvalue weighted by Crippen LogP contribution is 2.29. The molecular formula is C17H15F3N2O2. The van der Waals surface area contributed by atoms with Crippen molar-refractivity contribution in [2.24, 2.45) is 0 Å². The maximum absolute atomic E-state index is 12.5. The molecule has 0 atom stereocenters. The molecule has 7 heteroatoms. The number of hydrogen-bond acceptors (Lipinski definition) is 2. The van der Waals surface area contributed by atoms with Crippen LogP contribution < -0.4 is 15.4 Å². The molecule has 0 unspecified atom stereocenters. The van der Waals surface area contributed by atoms with E-state index >= 15 is 0 Å². The lowest BCUT2D eigenvalue weighted by Gasteiger charge is -2.08. The minimum Gasteiger partial charge on any atom is -0.496 e. The molecular weight excluding hydrogens is 321 g/mol. The number of nitrogens with one attached hydrogen (secondary N) is 2. The average Bonchev–Trinajstić information content (AvgIpc) is 2.55. The number of para-hydroxylation sites is 1. The second kappa shape index (κ2) is 7.54. The van der Waals surface area contributed by atoms with Crippen LogP contribution in [0.25, 0.3) is 6.08 Å². The lowest BCUT2D eigenvalue weighted by Crippen LogP contribution is -2.23. The van der Waals surface area contributed by atoms with Crippen molar-refractivity contribution in [2.45, 2.75) is 6.18 Å². The zero-order valence-corrected chi connectivity index (χ0v) is 12.7. The third kappa shape index (κ3) is 4.77. The van der Waals surface area contributed by atoms with E-state index in [9.17, 15) is 18.0 Å². The molecule has 2 N–H and O–H groups in total. The van der Waals surface area contributed by atoms with Crippen LogP contribution in [0.1, 0.15) is 11.1 Å². The van der Waals surface area contributed by atoms with Crippen molar-refractivity contribution >= 4 is 17.8 Å². The Kier molecular flexibility index (Phi) is 5.47. The van der Waals surface area contributed by atoms with Crippen molar-refractivity contribution in [2.75, 3.05) is 12.4 Å². The summed E-state index contributed by atoms with van der Waals surface area (Å²) >= 11 is 0. The van der Waals surface area contributed by atoms with Gasteiger partial charge in [-0.1, -0.05) is 18.2 Å². The number of benzene rings is 2. The van der Waals surface area contributed by atoms with E-state index in [1.165, 1.54) is 25.4 Å². The molecule has 2 aromatic rings. The number of carbonyl (C=O) groups is 1. The van der Waals surface area contributed by atoms with Crippen molar-refractivity contribution < 1.29 is 22.7 Å². The first-order chi connectivity index (χ1) is 11.4. The van der Waals surface area contributed by atoms with Gasteiger partial charge in [-0.25, -0.2) is 4.79 Å². The maximum atomic E-state index is 12.5. The maximum Gasteiger partial charge on any atom is 0.416 e. The molecule has 0 heterocycles. The summed E-state index contributed by atoms with van der Waals surface area (Å²) in [7, 11) is 1.54. The third-order valence-corrected chi connectivity index (χ3v) is 3.09. The van der Waals surface area contributed by atoms with Crippen molar-refractivity contribution in [1.82, 2.24) is 5.32 Å². The van der Waals surface area contributed by atoms with E-state index in [1.54, 1.807) is 12.1 Å². The zero-order valence-electron chi connectivity index (χ0n) is 12.7. The average molecular weight is 336 g/mol. The Bertz CT molecular complexity index is 725. The summed E-state index contributed by atoms with van der Waals surface area (Å²) in [6, 6.07) is 10.8. The van der Waals surface area contributed by atoms with Crippen molar-refractivity contribution in [3.63, 3.8) is 0 Å². The number of methoxy groups -OCH3 is 1. The standard InChI is InChI=1S/C17H15F3N2O2/c1-24-15-5-3-2-4-12(15)10-11-21-16(23)22-14-8-6-13(7-9-14)17(18,19)20/h2-11H,1H3,(H2,21,22,23)/b11-10+. The highest BCUT2D eigenvalue weighted by molar-refractivity contribution is 5.90. The predicted octanol–water partition coefficient (Wildman–Crippen LogP) is 4.51. The minimum atomic E-state index is -4.40. The van der Waals surface area contributed by atoms with Crippen LogP contribution in [0.3, 0.4) is 0 Å². The number of halogens is 3.